The number of hydrogen-bond acceptors (Lipinski definition) is 2. The third-order valence-corrected chi connectivity index (χ3v) is 4.63. The zero-order chi connectivity index (χ0) is 13.4. The Hall–Kier alpha value is -1.82. The van der Waals surface area contributed by atoms with Gasteiger partial charge < -0.3 is 9.95 Å². The van der Waals surface area contributed by atoms with E-state index in [4.69, 9.17) is 6.57 Å². The molecule has 1 aromatic carbocycles. The van der Waals surface area contributed by atoms with Gasteiger partial charge in [-0.2, -0.15) is 0 Å². The normalized spacial score (nSPS) is 32.8. The summed E-state index contributed by atoms with van der Waals surface area (Å²) in [6.45, 7) is 9.23. The number of aryl methyl sites for hydroxylation is 1. The van der Waals surface area contributed by atoms with Crippen LogP contribution in [0.15, 0.2) is 23.2 Å². The van der Waals surface area contributed by atoms with Gasteiger partial charge in [0.25, 0.3) is 0 Å². The molecule has 4 unspecified atom stereocenters. The number of aliphatic imine (C=N–C) groups is 1. The van der Waals surface area contributed by atoms with Gasteiger partial charge in [-0.3, -0.25) is 4.99 Å². The maximum atomic E-state index is 9.97. The number of nitrogens with zero attached hydrogens (tertiary/aromatic N) is 2. The van der Waals surface area contributed by atoms with Crippen LogP contribution in [0.1, 0.15) is 30.4 Å². The molecule has 0 saturated heterocycles. The summed E-state index contributed by atoms with van der Waals surface area (Å²) in [6.07, 6.45) is 5.32. The van der Waals surface area contributed by atoms with E-state index in [9.17, 15) is 5.11 Å². The van der Waals surface area contributed by atoms with E-state index < -0.39 is 0 Å². The molecule has 19 heavy (non-hydrogen) atoms. The zero-order valence-corrected chi connectivity index (χ0v) is 11.1. The highest BCUT2D eigenvalue weighted by Crippen LogP contribution is 2.47. The third-order valence-electron chi connectivity index (χ3n) is 4.63. The second-order valence-corrected chi connectivity index (χ2v) is 5.73. The number of para-hydroxylation sites is 1. The van der Waals surface area contributed by atoms with Crippen LogP contribution in [0.3, 0.4) is 0 Å². The van der Waals surface area contributed by atoms with Gasteiger partial charge in [0, 0.05) is 17.7 Å². The Kier molecular flexibility index (Phi) is 3.02. The van der Waals surface area contributed by atoms with E-state index in [1.807, 2.05) is 25.1 Å². The van der Waals surface area contributed by atoms with Gasteiger partial charge in [-0.05, 0) is 43.7 Å². The summed E-state index contributed by atoms with van der Waals surface area (Å²) in [5.41, 5.74) is 1.62. The van der Waals surface area contributed by atoms with Crippen LogP contribution in [0.2, 0.25) is 0 Å². The first kappa shape index (κ1) is 12.2. The molecule has 2 bridgehead atoms. The van der Waals surface area contributed by atoms with Crippen LogP contribution < -0.4 is 0 Å². The van der Waals surface area contributed by atoms with Crippen molar-refractivity contribution in [3.8, 4) is 5.75 Å². The minimum absolute atomic E-state index is 0.0574. The van der Waals surface area contributed by atoms with Crippen LogP contribution >= 0.6 is 0 Å². The van der Waals surface area contributed by atoms with Crippen LogP contribution in [-0.2, 0) is 0 Å². The molecule has 0 radical (unpaired) electrons. The fourth-order valence-electron chi connectivity index (χ4n) is 3.57. The number of benzene rings is 1. The summed E-state index contributed by atoms with van der Waals surface area (Å²) in [6, 6.07) is 5.86. The van der Waals surface area contributed by atoms with E-state index >= 15 is 0 Å². The van der Waals surface area contributed by atoms with Gasteiger partial charge in [-0.1, -0.05) is 12.1 Å². The summed E-state index contributed by atoms with van der Waals surface area (Å²) in [5.74, 6) is 1.43. The Labute approximate surface area is 113 Å². The van der Waals surface area contributed by atoms with Crippen LogP contribution in [0.25, 0.3) is 4.85 Å². The first-order valence-corrected chi connectivity index (χ1v) is 6.89. The molecule has 98 valence electrons. The summed E-state index contributed by atoms with van der Waals surface area (Å²) in [4.78, 5) is 8.41. The average Bonchev–Trinajstić information content (AvgIpc) is 3.00. The van der Waals surface area contributed by atoms with Crippen molar-refractivity contribution < 1.29 is 5.11 Å². The quantitative estimate of drug-likeness (QED) is 0.638. The Morgan fingerprint density at radius 2 is 2.16 bits per heavy atom. The van der Waals surface area contributed by atoms with Crippen LogP contribution in [0.4, 0.5) is 0 Å². The lowest BCUT2D eigenvalue weighted by molar-refractivity contribution is 0.401. The largest absolute Gasteiger partial charge is 0.507 e. The molecule has 0 heterocycles. The van der Waals surface area contributed by atoms with Gasteiger partial charge in [-0.15, -0.1) is 0 Å². The molecule has 1 aromatic rings. The average molecular weight is 254 g/mol. The fraction of sp³-hybridized carbons (Fsp3) is 0.500. The number of aromatic hydroxyl groups is 1. The first-order chi connectivity index (χ1) is 9.20. The van der Waals surface area contributed by atoms with E-state index in [-0.39, 0.29) is 12.1 Å². The fourth-order valence-corrected chi connectivity index (χ4v) is 3.57. The van der Waals surface area contributed by atoms with Crippen molar-refractivity contribution >= 4 is 6.21 Å². The second kappa shape index (κ2) is 4.70. The van der Waals surface area contributed by atoms with Crippen molar-refractivity contribution in [2.75, 3.05) is 0 Å². The molecule has 3 rings (SSSR count). The lowest BCUT2D eigenvalue weighted by atomic mass is 9.91. The highest BCUT2D eigenvalue weighted by molar-refractivity contribution is 5.84. The van der Waals surface area contributed by atoms with Gasteiger partial charge in [0.2, 0.25) is 6.04 Å². The molecule has 0 amide bonds. The minimum atomic E-state index is 0.0574. The first-order valence-electron chi connectivity index (χ1n) is 6.89. The van der Waals surface area contributed by atoms with E-state index in [2.05, 4.69) is 9.84 Å². The monoisotopic (exact) mass is 254 g/mol. The third kappa shape index (κ3) is 2.02. The molecule has 2 fully saturated rings. The zero-order valence-electron chi connectivity index (χ0n) is 11.1. The lowest BCUT2D eigenvalue weighted by Crippen LogP contribution is -2.28. The van der Waals surface area contributed by atoms with Crippen molar-refractivity contribution in [3.63, 3.8) is 0 Å². The standard InChI is InChI=1S/C16H18N2O/c1-10-4-3-5-13(16(10)19)9-18-15-12-7-6-11(8-12)14(15)17-2/h3-5,9,11-12,14-15,19H,6-8H2,1H3. The number of fused-ring (bicyclic) bond motifs is 2. The summed E-state index contributed by atoms with van der Waals surface area (Å²) in [5, 5.41) is 9.97. The van der Waals surface area contributed by atoms with Crippen molar-refractivity contribution in [2.45, 2.75) is 38.3 Å². The molecule has 2 aliphatic rings. The second-order valence-electron chi connectivity index (χ2n) is 5.73. The Bertz CT molecular complexity index is 558. The van der Waals surface area contributed by atoms with Gasteiger partial charge in [-0.25, -0.2) is 6.57 Å². The van der Waals surface area contributed by atoms with Gasteiger partial charge in [0.15, 0.2) is 0 Å². The van der Waals surface area contributed by atoms with Crippen molar-refractivity contribution in [3.05, 3.63) is 40.7 Å². The highest BCUT2D eigenvalue weighted by Gasteiger charge is 2.52. The van der Waals surface area contributed by atoms with Crippen LogP contribution in [0, 0.1) is 25.3 Å². The number of hydrogen-bond donors (Lipinski definition) is 1. The van der Waals surface area contributed by atoms with Crippen LogP contribution in [0.5, 0.6) is 5.75 Å². The van der Waals surface area contributed by atoms with Crippen molar-refractivity contribution in [1.82, 2.24) is 0 Å². The molecule has 3 nitrogen and oxygen atoms in total. The molecular formula is C16H18N2O. The van der Waals surface area contributed by atoms with E-state index in [0.717, 1.165) is 17.5 Å². The molecule has 0 spiro atoms. The Balaban J connectivity index is 1.83. The minimum Gasteiger partial charge on any atom is -0.507 e. The van der Waals surface area contributed by atoms with Crippen LogP contribution in [-0.4, -0.2) is 23.4 Å². The van der Waals surface area contributed by atoms with Gasteiger partial charge >= 0.3 is 0 Å². The maximum Gasteiger partial charge on any atom is 0.248 e. The highest BCUT2D eigenvalue weighted by atomic mass is 16.3. The van der Waals surface area contributed by atoms with Gasteiger partial charge in [0.1, 0.15) is 11.8 Å². The number of phenols is 1. The molecule has 3 heteroatoms. The van der Waals surface area contributed by atoms with Gasteiger partial charge in [0.05, 0.1) is 0 Å². The summed E-state index contributed by atoms with van der Waals surface area (Å²) in [7, 11) is 0. The molecular weight excluding hydrogens is 236 g/mol. The lowest BCUT2D eigenvalue weighted by Gasteiger charge is -2.19. The predicted molar refractivity (Wildman–Crippen MR) is 75.4 cm³/mol. The Morgan fingerprint density at radius 3 is 2.95 bits per heavy atom. The number of phenolic OH excluding ortho intramolecular Hbond substituents is 1. The smallest absolute Gasteiger partial charge is 0.248 e. The summed E-state index contributed by atoms with van der Waals surface area (Å²) < 4.78 is 0. The molecule has 0 aliphatic heterocycles. The van der Waals surface area contributed by atoms with E-state index in [0.29, 0.717) is 17.6 Å². The molecule has 1 N–H and O–H groups in total. The van der Waals surface area contributed by atoms with Crippen molar-refractivity contribution in [2.24, 2.45) is 16.8 Å². The number of rotatable bonds is 2. The molecule has 0 aromatic heterocycles. The predicted octanol–water partition coefficient (Wildman–Crippen LogP) is 3.21. The van der Waals surface area contributed by atoms with E-state index in [1.165, 1.54) is 12.8 Å². The summed E-state index contributed by atoms with van der Waals surface area (Å²) >= 11 is 0. The SMILES string of the molecule is [C-]#[N+]C1C2CCC(C2)C1N=Cc1cccc(C)c1O. The topological polar surface area (TPSA) is 37.0 Å². The maximum absolute atomic E-state index is 9.97. The Morgan fingerprint density at radius 1 is 1.37 bits per heavy atom. The molecule has 2 aliphatic carbocycles. The molecule has 4 atom stereocenters. The molecule has 2 saturated carbocycles. The van der Waals surface area contributed by atoms with E-state index in [1.54, 1.807) is 6.21 Å². The van der Waals surface area contributed by atoms with Crippen molar-refractivity contribution in [1.29, 1.82) is 0 Å².